The summed E-state index contributed by atoms with van der Waals surface area (Å²) in [7, 11) is -3.74. The predicted molar refractivity (Wildman–Crippen MR) is 131 cm³/mol. The molecule has 1 aromatic heterocycles. The highest BCUT2D eigenvalue weighted by molar-refractivity contribution is 8.01. The molecule has 0 bridgehead atoms. The van der Waals surface area contributed by atoms with E-state index in [4.69, 9.17) is 9.47 Å². The molecule has 1 fully saturated rings. The molecule has 0 aliphatic carbocycles. The topological polar surface area (TPSA) is 97.8 Å². The molecule has 1 aliphatic heterocycles. The van der Waals surface area contributed by atoms with Crippen LogP contribution in [0.15, 0.2) is 45.6 Å². The van der Waals surface area contributed by atoms with Crippen LogP contribution in [-0.2, 0) is 19.6 Å². The molecule has 3 aromatic rings. The molecule has 2 aromatic carbocycles. The number of anilines is 1. The Morgan fingerprint density at radius 1 is 1.24 bits per heavy atom. The van der Waals surface area contributed by atoms with Gasteiger partial charge >= 0.3 is 0 Å². The number of fused-ring (bicyclic) bond motifs is 1. The fourth-order valence-electron chi connectivity index (χ4n) is 3.39. The van der Waals surface area contributed by atoms with Crippen molar-refractivity contribution in [2.24, 2.45) is 0 Å². The molecule has 0 atom stereocenters. The first-order valence-electron chi connectivity index (χ1n) is 10.5. The van der Waals surface area contributed by atoms with Crippen LogP contribution in [-0.4, -0.2) is 62.3 Å². The molecule has 0 unspecified atom stereocenters. The number of carbonyl (C=O) groups excluding carboxylic acids is 1. The summed E-state index contributed by atoms with van der Waals surface area (Å²) in [5, 5.41) is 2.77. The molecule has 8 nitrogen and oxygen atoms in total. The molecule has 1 N–H and O–H groups in total. The van der Waals surface area contributed by atoms with Gasteiger partial charge in [0.15, 0.2) is 4.34 Å². The maximum atomic E-state index is 13.2. The highest BCUT2D eigenvalue weighted by atomic mass is 32.2. The van der Waals surface area contributed by atoms with E-state index < -0.39 is 10.0 Å². The number of nitrogens with one attached hydrogen (secondary N) is 1. The first-order chi connectivity index (χ1) is 15.9. The first-order valence-corrected chi connectivity index (χ1v) is 13.8. The minimum atomic E-state index is -3.74. The van der Waals surface area contributed by atoms with Crippen molar-refractivity contribution in [1.29, 1.82) is 0 Å². The van der Waals surface area contributed by atoms with Gasteiger partial charge in [-0.25, -0.2) is 13.4 Å². The summed E-state index contributed by atoms with van der Waals surface area (Å²) in [5.41, 5.74) is 1.93. The average molecular weight is 508 g/mol. The highest BCUT2D eigenvalue weighted by Gasteiger charge is 2.29. The summed E-state index contributed by atoms with van der Waals surface area (Å²) in [6.45, 7) is 5.65. The van der Waals surface area contributed by atoms with Crippen molar-refractivity contribution in [3.63, 3.8) is 0 Å². The lowest BCUT2D eigenvalue weighted by molar-refractivity contribution is -0.113. The number of carbonyl (C=O) groups is 1. The fraction of sp³-hybridized carbons (Fsp3) is 0.364. The summed E-state index contributed by atoms with van der Waals surface area (Å²) in [6, 6.07) is 10.7. The number of sulfonamides is 1. The number of aromatic nitrogens is 1. The Morgan fingerprint density at radius 3 is 2.79 bits per heavy atom. The quantitative estimate of drug-likeness (QED) is 0.464. The summed E-state index contributed by atoms with van der Waals surface area (Å²) < 4.78 is 40.3. The molecule has 0 radical (unpaired) electrons. The molecule has 2 heterocycles. The van der Waals surface area contributed by atoms with E-state index in [0.717, 1.165) is 25.9 Å². The minimum absolute atomic E-state index is 0.103. The van der Waals surface area contributed by atoms with Crippen molar-refractivity contribution >= 4 is 54.9 Å². The standard InChI is InChI=1S/C22H25N3O5S3/c1-3-30-16-5-7-17-19(13-16)32-22(24-17)31-14-21(26)23-18-6-4-15(2)12-20(18)33(27,28)25-8-10-29-11-9-25/h4-7,12-13H,3,8-11,14H2,1-2H3,(H,23,26). The van der Waals surface area contributed by atoms with Gasteiger partial charge in [0.05, 0.1) is 41.5 Å². The van der Waals surface area contributed by atoms with E-state index in [2.05, 4.69) is 10.3 Å². The highest BCUT2D eigenvalue weighted by Crippen LogP contribution is 2.32. The molecule has 4 rings (SSSR count). The van der Waals surface area contributed by atoms with Gasteiger partial charge in [0.2, 0.25) is 15.9 Å². The first kappa shape index (κ1) is 24.0. The second-order valence-corrected chi connectivity index (χ2v) is 11.6. The Bertz CT molecular complexity index is 1250. The van der Waals surface area contributed by atoms with Gasteiger partial charge in [0, 0.05) is 13.1 Å². The van der Waals surface area contributed by atoms with Crippen LogP contribution >= 0.6 is 23.1 Å². The Kier molecular flexibility index (Phi) is 7.55. The number of ether oxygens (including phenoxy) is 2. The van der Waals surface area contributed by atoms with Gasteiger partial charge in [0.25, 0.3) is 0 Å². The number of nitrogens with zero attached hydrogens (tertiary/aromatic N) is 2. The van der Waals surface area contributed by atoms with Crippen LogP contribution in [0.5, 0.6) is 5.75 Å². The van der Waals surface area contributed by atoms with E-state index in [1.165, 1.54) is 27.4 Å². The average Bonchev–Trinajstić information content (AvgIpc) is 3.22. The van der Waals surface area contributed by atoms with Gasteiger partial charge in [-0.15, -0.1) is 11.3 Å². The van der Waals surface area contributed by atoms with Crippen molar-refractivity contribution < 1.29 is 22.7 Å². The Morgan fingerprint density at radius 2 is 2.03 bits per heavy atom. The SMILES string of the molecule is CCOc1ccc2nc(SCC(=O)Nc3ccc(C)cc3S(=O)(=O)N3CCOCC3)sc2c1. The lowest BCUT2D eigenvalue weighted by atomic mass is 10.2. The maximum absolute atomic E-state index is 13.2. The van der Waals surface area contributed by atoms with Crippen LogP contribution in [0, 0.1) is 6.92 Å². The van der Waals surface area contributed by atoms with Crippen molar-refractivity contribution in [3.8, 4) is 5.75 Å². The molecule has 1 amide bonds. The molecule has 176 valence electrons. The van der Waals surface area contributed by atoms with Crippen LogP contribution in [0.1, 0.15) is 12.5 Å². The number of thioether (sulfide) groups is 1. The van der Waals surface area contributed by atoms with Crippen LogP contribution in [0.3, 0.4) is 0 Å². The van der Waals surface area contributed by atoms with Crippen molar-refractivity contribution in [2.45, 2.75) is 23.1 Å². The predicted octanol–water partition coefficient (Wildman–Crippen LogP) is 3.76. The molecule has 0 spiro atoms. The second-order valence-electron chi connectivity index (χ2n) is 7.40. The fourth-order valence-corrected chi connectivity index (χ4v) is 6.92. The Hall–Kier alpha value is -2.18. The van der Waals surface area contributed by atoms with E-state index in [9.17, 15) is 13.2 Å². The number of aryl methyl sites for hydroxylation is 1. The van der Waals surface area contributed by atoms with Gasteiger partial charge in [-0.3, -0.25) is 4.79 Å². The number of morpholine rings is 1. The largest absolute Gasteiger partial charge is 0.494 e. The Balaban J connectivity index is 1.46. The zero-order valence-electron chi connectivity index (χ0n) is 18.4. The van der Waals surface area contributed by atoms with Crippen LogP contribution in [0.2, 0.25) is 0 Å². The van der Waals surface area contributed by atoms with E-state index in [1.54, 1.807) is 18.2 Å². The van der Waals surface area contributed by atoms with Gasteiger partial charge in [0.1, 0.15) is 10.6 Å². The number of rotatable bonds is 8. The van der Waals surface area contributed by atoms with Crippen molar-refractivity contribution in [3.05, 3.63) is 42.0 Å². The molecule has 1 saturated heterocycles. The van der Waals surface area contributed by atoms with Gasteiger partial charge < -0.3 is 14.8 Å². The number of hydrogen-bond donors (Lipinski definition) is 1. The van der Waals surface area contributed by atoms with Crippen molar-refractivity contribution in [1.82, 2.24) is 9.29 Å². The third-order valence-electron chi connectivity index (χ3n) is 4.98. The van der Waals surface area contributed by atoms with Crippen LogP contribution < -0.4 is 10.1 Å². The molecule has 0 saturated carbocycles. The summed E-state index contributed by atoms with van der Waals surface area (Å²) >= 11 is 2.81. The minimum Gasteiger partial charge on any atom is -0.494 e. The summed E-state index contributed by atoms with van der Waals surface area (Å²) in [4.78, 5) is 17.3. The maximum Gasteiger partial charge on any atom is 0.245 e. The van der Waals surface area contributed by atoms with Crippen LogP contribution in [0.4, 0.5) is 5.69 Å². The number of thiazole rings is 1. The normalized spacial score (nSPS) is 15.0. The zero-order chi connectivity index (χ0) is 23.4. The van der Waals surface area contributed by atoms with Gasteiger partial charge in [-0.1, -0.05) is 17.8 Å². The third kappa shape index (κ3) is 5.67. The van der Waals surface area contributed by atoms with E-state index in [0.29, 0.717) is 32.9 Å². The lowest BCUT2D eigenvalue weighted by Crippen LogP contribution is -2.41. The number of benzene rings is 2. The van der Waals surface area contributed by atoms with E-state index in [1.807, 2.05) is 32.0 Å². The molecular weight excluding hydrogens is 482 g/mol. The Labute approximate surface area is 201 Å². The summed E-state index contributed by atoms with van der Waals surface area (Å²) in [5.74, 6) is 0.608. The smallest absolute Gasteiger partial charge is 0.245 e. The molecular formula is C22H25N3O5S3. The second kappa shape index (κ2) is 10.4. The number of hydrogen-bond acceptors (Lipinski definition) is 8. The summed E-state index contributed by atoms with van der Waals surface area (Å²) in [6.07, 6.45) is 0. The molecule has 11 heteroatoms. The molecule has 1 aliphatic rings. The van der Waals surface area contributed by atoms with E-state index in [-0.39, 0.29) is 22.2 Å². The van der Waals surface area contributed by atoms with Crippen molar-refractivity contribution in [2.75, 3.05) is 44.0 Å². The molecule has 33 heavy (non-hydrogen) atoms. The lowest BCUT2D eigenvalue weighted by Gasteiger charge is -2.27. The monoisotopic (exact) mass is 507 g/mol. The van der Waals surface area contributed by atoms with Crippen LogP contribution in [0.25, 0.3) is 10.2 Å². The third-order valence-corrected chi connectivity index (χ3v) is 9.08. The van der Waals surface area contributed by atoms with Gasteiger partial charge in [-0.2, -0.15) is 4.31 Å². The number of amides is 1. The van der Waals surface area contributed by atoms with Gasteiger partial charge in [-0.05, 0) is 49.7 Å². The zero-order valence-corrected chi connectivity index (χ0v) is 20.8. The van der Waals surface area contributed by atoms with E-state index >= 15 is 0 Å².